The summed E-state index contributed by atoms with van der Waals surface area (Å²) in [6.07, 6.45) is 0. The summed E-state index contributed by atoms with van der Waals surface area (Å²) in [7, 11) is -3.52. The zero-order chi connectivity index (χ0) is 24.2. The molecule has 7 heteroatoms. The largest absolute Gasteiger partial charge is 0.348 e. The minimum atomic E-state index is -3.52. The molecule has 0 aromatic heterocycles. The first-order valence-corrected chi connectivity index (χ1v) is 13.2. The van der Waals surface area contributed by atoms with Gasteiger partial charge >= 0.3 is 0 Å². The normalized spacial score (nSPS) is 16.8. The lowest BCUT2D eigenvalue weighted by Crippen LogP contribution is -2.51. The number of nitrogens with zero attached hydrogens (tertiary/aromatic N) is 2. The third kappa shape index (κ3) is 6.43. The number of piperazine rings is 1. The van der Waals surface area contributed by atoms with Crippen LogP contribution in [0.15, 0.2) is 53.4 Å². The van der Waals surface area contributed by atoms with E-state index >= 15 is 0 Å². The van der Waals surface area contributed by atoms with Crippen LogP contribution in [0.4, 0.5) is 0 Å². The second-order valence-corrected chi connectivity index (χ2v) is 11.5. The molecule has 1 N–H and O–H groups in total. The number of amides is 1. The molecule has 1 amide bonds. The Balaban J connectivity index is 1.50. The van der Waals surface area contributed by atoms with Gasteiger partial charge in [0.25, 0.3) is 0 Å². The van der Waals surface area contributed by atoms with E-state index in [0.717, 1.165) is 11.1 Å². The molecule has 2 aromatic carbocycles. The van der Waals surface area contributed by atoms with Crippen LogP contribution in [-0.4, -0.2) is 56.3 Å². The van der Waals surface area contributed by atoms with Crippen LogP contribution in [0.3, 0.4) is 0 Å². The smallest absolute Gasteiger partial charge is 0.243 e. The molecule has 1 atom stereocenters. The van der Waals surface area contributed by atoms with Gasteiger partial charge in [0, 0.05) is 26.2 Å². The minimum Gasteiger partial charge on any atom is -0.348 e. The highest BCUT2D eigenvalue weighted by molar-refractivity contribution is 7.89. The first-order chi connectivity index (χ1) is 15.6. The quantitative estimate of drug-likeness (QED) is 0.629. The molecule has 1 fully saturated rings. The van der Waals surface area contributed by atoms with Gasteiger partial charge in [-0.05, 0) is 47.6 Å². The Morgan fingerprint density at radius 2 is 1.24 bits per heavy atom. The number of carbonyl (C=O) groups excluding carboxylic acids is 1. The SMILES string of the molecule is CC(C)c1ccc(C(C)NC(=O)CN2CCN(S(=O)(=O)c3ccc(C(C)C)cc3)CC2)cc1. The molecule has 0 radical (unpaired) electrons. The minimum absolute atomic E-state index is 0.0454. The summed E-state index contributed by atoms with van der Waals surface area (Å²) in [5, 5.41) is 3.06. The van der Waals surface area contributed by atoms with Crippen LogP contribution in [0, 0.1) is 0 Å². The average Bonchev–Trinajstić information content (AvgIpc) is 2.79. The van der Waals surface area contributed by atoms with Crippen molar-refractivity contribution in [2.45, 2.75) is 57.4 Å². The van der Waals surface area contributed by atoms with Crippen LogP contribution in [0.1, 0.15) is 69.2 Å². The second-order valence-electron chi connectivity index (χ2n) is 9.51. The van der Waals surface area contributed by atoms with Crippen molar-refractivity contribution in [3.8, 4) is 0 Å². The van der Waals surface area contributed by atoms with Crippen molar-refractivity contribution in [3.63, 3.8) is 0 Å². The molecule has 1 unspecified atom stereocenters. The molecule has 1 heterocycles. The van der Waals surface area contributed by atoms with Crippen LogP contribution in [0.2, 0.25) is 0 Å². The first-order valence-electron chi connectivity index (χ1n) is 11.8. The summed E-state index contributed by atoms with van der Waals surface area (Å²) in [4.78, 5) is 14.9. The Labute approximate surface area is 199 Å². The Morgan fingerprint density at radius 1 is 0.788 bits per heavy atom. The maximum absolute atomic E-state index is 13.0. The van der Waals surface area contributed by atoms with E-state index in [1.54, 1.807) is 12.1 Å². The van der Waals surface area contributed by atoms with Crippen molar-refractivity contribution >= 4 is 15.9 Å². The third-order valence-electron chi connectivity index (χ3n) is 6.36. The zero-order valence-electron chi connectivity index (χ0n) is 20.4. The fourth-order valence-corrected chi connectivity index (χ4v) is 5.47. The van der Waals surface area contributed by atoms with Crippen LogP contribution in [0.5, 0.6) is 0 Å². The van der Waals surface area contributed by atoms with Gasteiger partial charge in [-0.25, -0.2) is 8.42 Å². The summed E-state index contributed by atoms with van der Waals surface area (Å²) < 4.78 is 27.5. The molecule has 180 valence electrons. The predicted molar refractivity (Wildman–Crippen MR) is 133 cm³/mol. The number of benzene rings is 2. The van der Waals surface area contributed by atoms with Crippen molar-refractivity contribution in [2.75, 3.05) is 32.7 Å². The maximum Gasteiger partial charge on any atom is 0.243 e. The van der Waals surface area contributed by atoms with Gasteiger partial charge < -0.3 is 5.32 Å². The molecule has 0 bridgehead atoms. The lowest BCUT2D eigenvalue weighted by atomic mass is 9.99. The molecule has 1 aliphatic rings. The molecule has 6 nitrogen and oxygen atoms in total. The van der Waals surface area contributed by atoms with Gasteiger partial charge in [-0.15, -0.1) is 0 Å². The molecule has 0 aliphatic carbocycles. The third-order valence-corrected chi connectivity index (χ3v) is 8.28. The Kier molecular flexibility index (Phi) is 8.32. The topological polar surface area (TPSA) is 69.7 Å². The van der Waals surface area contributed by atoms with Gasteiger partial charge in [0.15, 0.2) is 0 Å². The lowest BCUT2D eigenvalue weighted by Gasteiger charge is -2.33. The molecule has 0 saturated carbocycles. The Bertz CT molecular complexity index is 1020. The van der Waals surface area contributed by atoms with Crippen molar-refractivity contribution in [3.05, 3.63) is 65.2 Å². The van der Waals surface area contributed by atoms with E-state index in [0.29, 0.717) is 42.9 Å². The van der Waals surface area contributed by atoms with Crippen molar-refractivity contribution < 1.29 is 13.2 Å². The number of carbonyl (C=O) groups is 1. The predicted octanol–water partition coefficient (Wildman–Crippen LogP) is 4.12. The van der Waals surface area contributed by atoms with Gasteiger partial charge in [0.1, 0.15) is 0 Å². The van der Waals surface area contributed by atoms with E-state index < -0.39 is 10.0 Å². The summed E-state index contributed by atoms with van der Waals surface area (Å²) in [6, 6.07) is 15.4. The highest BCUT2D eigenvalue weighted by Crippen LogP contribution is 2.22. The number of nitrogens with one attached hydrogen (secondary N) is 1. The van der Waals surface area contributed by atoms with E-state index in [1.165, 1.54) is 9.87 Å². The molecule has 1 aliphatic heterocycles. The number of hydrogen-bond acceptors (Lipinski definition) is 4. The van der Waals surface area contributed by atoms with Crippen LogP contribution >= 0.6 is 0 Å². The van der Waals surface area contributed by atoms with Gasteiger partial charge in [-0.2, -0.15) is 4.31 Å². The Hall–Kier alpha value is -2.22. The first kappa shape index (κ1) is 25.4. The highest BCUT2D eigenvalue weighted by atomic mass is 32.2. The van der Waals surface area contributed by atoms with Gasteiger partial charge in [-0.1, -0.05) is 64.1 Å². The van der Waals surface area contributed by atoms with Gasteiger partial charge in [0.2, 0.25) is 15.9 Å². The fraction of sp³-hybridized carbons (Fsp3) is 0.500. The van der Waals surface area contributed by atoms with E-state index in [4.69, 9.17) is 0 Å². The van der Waals surface area contributed by atoms with Crippen molar-refractivity contribution in [2.24, 2.45) is 0 Å². The molecule has 3 rings (SSSR count). The van der Waals surface area contributed by atoms with Gasteiger partial charge in [0.05, 0.1) is 17.5 Å². The molecular formula is C26H37N3O3S. The highest BCUT2D eigenvalue weighted by Gasteiger charge is 2.29. The average molecular weight is 472 g/mol. The summed E-state index contributed by atoms with van der Waals surface area (Å²) in [6.45, 7) is 12.6. The second kappa shape index (κ2) is 10.8. The van der Waals surface area contributed by atoms with Crippen molar-refractivity contribution in [1.82, 2.24) is 14.5 Å². The summed E-state index contributed by atoms with van der Waals surface area (Å²) in [5.41, 5.74) is 3.47. The summed E-state index contributed by atoms with van der Waals surface area (Å²) in [5.74, 6) is 0.792. The molecule has 33 heavy (non-hydrogen) atoms. The molecule has 1 saturated heterocycles. The van der Waals surface area contributed by atoms with Crippen LogP contribution < -0.4 is 5.32 Å². The van der Waals surface area contributed by atoms with Crippen LogP contribution in [-0.2, 0) is 14.8 Å². The van der Waals surface area contributed by atoms with Crippen molar-refractivity contribution in [1.29, 1.82) is 0 Å². The van der Waals surface area contributed by atoms with E-state index in [2.05, 4.69) is 57.3 Å². The number of hydrogen-bond donors (Lipinski definition) is 1. The zero-order valence-corrected chi connectivity index (χ0v) is 21.2. The Morgan fingerprint density at radius 3 is 1.73 bits per heavy atom. The van der Waals surface area contributed by atoms with Crippen LogP contribution in [0.25, 0.3) is 0 Å². The van der Waals surface area contributed by atoms with E-state index in [-0.39, 0.29) is 18.5 Å². The molecule has 0 spiro atoms. The maximum atomic E-state index is 13.0. The molecular weight excluding hydrogens is 434 g/mol. The van der Waals surface area contributed by atoms with E-state index in [9.17, 15) is 13.2 Å². The number of sulfonamides is 1. The monoisotopic (exact) mass is 471 g/mol. The van der Waals surface area contributed by atoms with Gasteiger partial charge in [-0.3, -0.25) is 9.69 Å². The number of rotatable bonds is 8. The fourth-order valence-electron chi connectivity index (χ4n) is 4.04. The lowest BCUT2D eigenvalue weighted by molar-refractivity contribution is -0.123. The standard InChI is InChI=1S/C26H37N3O3S/c1-19(2)22-6-8-24(9-7-22)21(5)27-26(30)18-28-14-16-29(17-15-28)33(31,32)25-12-10-23(11-13-25)20(3)4/h6-13,19-21H,14-18H2,1-5H3,(H,27,30). The summed E-state index contributed by atoms with van der Waals surface area (Å²) >= 11 is 0. The van der Waals surface area contributed by atoms with E-state index in [1.807, 2.05) is 24.0 Å². The molecule has 2 aromatic rings.